The van der Waals surface area contributed by atoms with E-state index in [0.717, 1.165) is 29.9 Å². The molecule has 2 aromatic carbocycles. The third kappa shape index (κ3) is 7.07. The van der Waals surface area contributed by atoms with Crippen LogP contribution in [-0.4, -0.2) is 58.9 Å². The summed E-state index contributed by atoms with van der Waals surface area (Å²) in [5, 5.41) is 17.5. The Morgan fingerprint density at radius 3 is 2.70 bits per heavy atom. The molecule has 1 N–H and O–H groups in total. The number of nitrogens with one attached hydrogen (secondary N) is 1. The summed E-state index contributed by atoms with van der Waals surface area (Å²) in [6, 6.07) is 16.5. The zero-order chi connectivity index (χ0) is 23.6. The highest BCUT2D eigenvalue weighted by atomic mass is 32.2. The van der Waals surface area contributed by atoms with Gasteiger partial charge in [0.15, 0.2) is 0 Å². The van der Waals surface area contributed by atoms with Gasteiger partial charge in [0.25, 0.3) is 0 Å². The number of rotatable bonds is 9. The Morgan fingerprint density at radius 1 is 1.24 bits per heavy atom. The number of hydrogen-bond donors (Lipinski definition) is 1. The second-order valence-electron chi connectivity index (χ2n) is 7.34. The van der Waals surface area contributed by atoms with Gasteiger partial charge < -0.3 is 9.64 Å². The molecule has 0 spiro atoms. The lowest BCUT2D eigenvalue weighted by Crippen LogP contribution is -2.29. The molecular weight excluding hydrogens is 438 g/mol. The van der Waals surface area contributed by atoms with Gasteiger partial charge in [-0.3, -0.25) is 10.1 Å². The van der Waals surface area contributed by atoms with Crippen molar-refractivity contribution in [3.05, 3.63) is 65.2 Å². The van der Waals surface area contributed by atoms with Crippen LogP contribution in [0.1, 0.15) is 30.5 Å². The molecule has 0 atom stereocenters. The van der Waals surface area contributed by atoms with Gasteiger partial charge in [-0.2, -0.15) is 10.4 Å². The van der Waals surface area contributed by atoms with Crippen LogP contribution in [0.2, 0.25) is 0 Å². The number of hydrazone groups is 1. The van der Waals surface area contributed by atoms with Crippen molar-refractivity contribution >= 4 is 34.5 Å². The minimum absolute atomic E-state index is 0.137. The summed E-state index contributed by atoms with van der Waals surface area (Å²) in [7, 11) is 0. The minimum atomic E-state index is -0.509. The Morgan fingerprint density at radius 2 is 2.00 bits per heavy atom. The van der Waals surface area contributed by atoms with Crippen LogP contribution in [0, 0.1) is 11.3 Å². The number of carbonyl (C=O) groups is 2. The summed E-state index contributed by atoms with van der Waals surface area (Å²) in [6.45, 7) is 7.24. The van der Waals surface area contributed by atoms with E-state index in [4.69, 9.17) is 10.00 Å². The van der Waals surface area contributed by atoms with Crippen LogP contribution < -0.4 is 5.32 Å². The number of hydrogen-bond acceptors (Lipinski definition) is 7. The monoisotopic (exact) mass is 465 g/mol. The number of carbonyl (C=O) groups excluding carboxylic acids is 2. The molecule has 0 fully saturated rings. The van der Waals surface area contributed by atoms with E-state index in [1.54, 1.807) is 24.3 Å². The number of likely N-dealkylation sites (N-methyl/N-ethyl adjacent to an activating group) is 1. The van der Waals surface area contributed by atoms with E-state index in [1.165, 1.54) is 16.8 Å². The Bertz CT molecular complexity index is 1040. The van der Waals surface area contributed by atoms with Gasteiger partial charge in [0.05, 0.1) is 23.9 Å². The molecule has 0 aromatic heterocycles. The van der Waals surface area contributed by atoms with E-state index in [2.05, 4.69) is 35.2 Å². The van der Waals surface area contributed by atoms with Crippen LogP contribution >= 0.6 is 11.8 Å². The van der Waals surface area contributed by atoms with Crippen LogP contribution in [0.5, 0.6) is 0 Å². The van der Waals surface area contributed by atoms with Crippen LogP contribution in [0.25, 0.3) is 0 Å². The van der Waals surface area contributed by atoms with Gasteiger partial charge in [0, 0.05) is 18.0 Å². The minimum Gasteiger partial charge on any atom is -0.448 e. The first kappa shape index (κ1) is 24.3. The number of amides is 2. The Balaban J connectivity index is 1.61. The summed E-state index contributed by atoms with van der Waals surface area (Å²) < 4.78 is 5.27. The fourth-order valence-electron chi connectivity index (χ4n) is 3.28. The third-order valence-electron chi connectivity index (χ3n) is 5.17. The van der Waals surface area contributed by atoms with Crippen molar-refractivity contribution in [1.29, 1.82) is 5.26 Å². The molecule has 2 aromatic rings. The number of thioether (sulfide) groups is 1. The largest absolute Gasteiger partial charge is 0.448 e. The van der Waals surface area contributed by atoms with Crippen molar-refractivity contribution in [3.63, 3.8) is 0 Å². The van der Waals surface area contributed by atoms with E-state index < -0.39 is 6.09 Å². The number of nitrogens with zero attached hydrogens (tertiary/aromatic N) is 4. The molecule has 1 aliphatic heterocycles. The number of ether oxygens (including phenoxy) is 1. The smallest absolute Gasteiger partial charge is 0.411 e. The quantitative estimate of drug-likeness (QED) is 0.585. The van der Waals surface area contributed by atoms with Gasteiger partial charge in [-0.1, -0.05) is 49.9 Å². The molecule has 0 saturated carbocycles. The Labute approximate surface area is 198 Å². The predicted molar refractivity (Wildman–Crippen MR) is 130 cm³/mol. The van der Waals surface area contributed by atoms with E-state index in [-0.39, 0.29) is 11.8 Å². The Kier molecular flexibility index (Phi) is 8.87. The van der Waals surface area contributed by atoms with Crippen molar-refractivity contribution in [2.45, 2.75) is 20.4 Å². The lowest BCUT2D eigenvalue weighted by atomic mass is 10.1. The van der Waals surface area contributed by atoms with Crippen LogP contribution in [0.3, 0.4) is 0 Å². The van der Waals surface area contributed by atoms with Crippen LogP contribution in [0.4, 0.5) is 15.3 Å². The SMILES string of the molecule is CCN(CC)CCOC(=O)Nc1cccc(CN2N=C(c3ccc(C#N)cc3)CSC2=O)c1. The van der Waals surface area contributed by atoms with Crippen molar-refractivity contribution in [2.75, 3.05) is 37.3 Å². The third-order valence-corrected chi connectivity index (χ3v) is 6.05. The summed E-state index contributed by atoms with van der Waals surface area (Å²) in [6.07, 6.45) is -0.509. The summed E-state index contributed by atoms with van der Waals surface area (Å²) in [5.41, 5.74) is 3.65. The van der Waals surface area contributed by atoms with E-state index in [0.29, 0.717) is 30.2 Å². The maximum Gasteiger partial charge on any atom is 0.411 e. The van der Waals surface area contributed by atoms with Crippen molar-refractivity contribution in [2.24, 2.45) is 5.10 Å². The van der Waals surface area contributed by atoms with E-state index in [1.807, 2.05) is 24.3 Å². The lowest BCUT2D eigenvalue weighted by Gasteiger charge is -2.23. The van der Waals surface area contributed by atoms with Crippen molar-refractivity contribution in [3.8, 4) is 6.07 Å². The van der Waals surface area contributed by atoms with Crippen molar-refractivity contribution < 1.29 is 14.3 Å². The molecule has 2 amide bonds. The molecule has 3 rings (SSSR count). The topological polar surface area (TPSA) is 98.0 Å². The highest BCUT2D eigenvalue weighted by Gasteiger charge is 2.22. The fourth-order valence-corrected chi connectivity index (χ4v) is 4.02. The molecule has 0 saturated heterocycles. The fraction of sp³-hybridized carbons (Fsp3) is 0.333. The van der Waals surface area contributed by atoms with Gasteiger partial charge >= 0.3 is 11.3 Å². The molecule has 1 aliphatic rings. The van der Waals surface area contributed by atoms with Gasteiger partial charge in [-0.05, 0) is 48.5 Å². The first-order valence-electron chi connectivity index (χ1n) is 10.8. The molecule has 0 aliphatic carbocycles. The van der Waals surface area contributed by atoms with E-state index >= 15 is 0 Å². The molecule has 1 heterocycles. The molecule has 172 valence electrons. The van der Waals surface area contributed by atoms with Gasteiger partial charge in [0.1, 0.15) is 6.61 Å². The van der Waals surface area contributed by atoms with Gasteiger partial charge in [0.2, 0.25) is 0 Å². The van der Waals surface area contributed by atoms with Gasteiger partial charge in [-0.25, -0.2) is 9.80 Å². The standard InChI is InChI=1S/C24H27N5O3S/c1-3-28(4-2)12-13-32-23(30)26-21-7-5-6-19(14-21)16-29-24(31)33-17-22(27-29)20-10-8-18(15-25)9-11-20/h5-11,14H,3-4,12-13,16-17H2,1-2H3,(H,26,30). The summed E-state index contributed by atoms with van der Waals surface area (Å²) in [5.74, 6) is 0.474. The molecular formula is C24H27N5O3S. The molecule has 0 radical (unpaired) electrons. The summed E-state index contributed by atoms with van der Waals surface area (Å²) >= 11 is 1.19. The molecule has 0 unspecified atom stereocenters. The predicted octanol–water partition coefficient (Wildman–Crippen LogP) is 4.52. The maximum absolute atomic E-state index is 12.4. The zero-order valence-electron chi connectivity index (χ0n) is 18.8. The number of nitriles is 1. The first-order valence-corrected chi connectivity index (χ1v) is 11.8. The van der Waals surface area contributed by atoms with E-state index in [9.17, 15) is 9.59 Å². The zero-order valence-corrected chi connectivity index (χ0v) is 19.6. The highest BCUT2D eigenvalue weighted by molar-refractivity contribution is 8.14. The second kappa shape index (κ2) is 12.0. The maximum atomic E-state index is 12.4. The number of anilines is 1. The molecule has 33 heavy (non-hydrogen) atoms. The number of benzene rings is 2. The Hall–Kier alpha value is -3.35. The van der Waals surface area contributed by atoms with Crippen LogP contribution in [-0.2, 0) is 11.3 Å². The van der Waals surface area contributed by atoms with Gasteiger partial charge in [-0.15, -0.1) is 0 Å². The second-order valence-corrected chi connectivity index (χ2v) is 8.26. The van der Waals surface area contributed by atoms with Crippen molar-refractivity contribution in [1.82, 2.24) is 9.91 Å². The normalized spacial score (nSPS) is 13.5. The first-order chi connectivity index (χ1) is 16.0. The molecule has 9 heteroatoms. The average molecular weight is 466 g/mol. The molecule has 8 nitrogen and oxygen atoms in total. The average Bonchev–Trinajstić information content (AvgIpc) is 2.83. The van der Waals surface area contributed by atoms with Crippen LogP contribution in [0.15, 0.2) is 53.6 Å². The summed E-state index contributed by atoms with van der Waals surface area (Å²) in [4.78, 5) is 26.7. The molecule has 0 bridgehead atoms. The lowest BCUT2D eigenvalue weighted by molar-refractivity contribution is 0.142. The highest BCUT2D eigenvalue weighted by Crippen LogP contribution is 2.23.